The Labute approximate surface area is 175 Å². The first kappa shape index (κ1) is 20.4. The lowest BCUT2D eigenvalue weighted by Crippen LogP contribution is -2.65. The topological polar surface area (TPSA) is 92.7 Å². The van der Waals surface area contributed by atoms with E-state index >= 15 is 0 Å². The molecular weight excluding hydrogens is 392 g/mol. The van der Waals surface area contributed by atoms with Crippen molar-refractivity contribution in [3.63, 3.8) is 0 Å². The summed E-state index contributed by atoms with van der Waals surface area (Å²) in [5.74, 6) is -1.43. The van der Waals surface area contributed by atoms with Crippen molar-refractivity contribution in [2.75, 3.05) is 13.7 Å². The maximum Gasteiger partial charge on any atom is 0.308 e. The summed E-state index contributed by atoms with van der Waals surface area (Å²) in [6, 6.07) is 9.92. The second-order valence-corrected chi connectivity index (χ2v) is 8.43. The highest BCUT2D eigenvalue weighted by Crippen LogP contribution is 2.52. The van der Waals surface area contributed by atoms with E-state index in [0.29, 0.717) is 26.1 Å². The maximum atomic E-state index is 11.6. The number of aliphatic hydroxyl groups excluding tert-OH is 1. The molecule has 4 aliphatic heterocycles. The van der Waals surface area contributed by atoms with Crippen LogP contribution in [0.1, 0.15) is 31.2 Å². The maximum absolute atomic E-state index is 11.6. The Morgan fingerprint density at radius 3 is 2.63 bits per heavy atom. The minimum absolute atomic E-state index is 0.172. The van der Waals surface area contributed by atoms with Gasteiger partial charge in [0.1, 0.15) is 30.5 Å². The number of benzene rings is 1. The predicted molar refractivity (Wildman–Crippen MR) is 102 cm³/mol. The third kappa shape index (κ3) is 3.55. The highest BCUT2D eigenvalue weighted by Gasteiger charge is 2.70. The summed E-state index contributed by atoms with van der Waals surface area (Å²) in [4.78, 5) is 11.6. The van der Waals surface area contributed by atoms with Gasteiger partial charge in [-0.2, -0.15) is 0 Å². The molecule has 164 valence electrons. The SMILES string of the molecule is COC(=O)CC1CC[C@@H]2O[C@@H]3[C@H]4O[C@](CCOCc5ccccc5)(O[C@H]4[C@H]2O1)[C@@H]3O. The van der Waals surface area contributed by atoms with Gasteiger partial charge in [0.15, 0.2) is 5.79 Å². The first-order chi connectivity index (χ1) is 14.6. The molecule has 1 unspecified atom stereocenters. The summed E-state index contributed by atoms with van der Waals surface area (Å²) < 4.78 is 35.3. The van der Waals surface area contributed by atoms with Crippen LogP contribution in [0.15, 0.2) is 30.3 Å². The van der Waals surface area contributed by atoms with Crippen LogP contribution in [0.25, 0.3) is 0 Å². The van der Waals surface area contributed by atoms with Crippen LogP contribution < -0.4 is 0 Å². The normalized spacial score (nSPS) is 41.5. The summed E-state index contributed by atoms with van der Waals surface area (Å²) in [5.41, 5.74) is 1.09. The van der Waals surface area contributed by atoms with Crippen molar-refractivity contribution in [3.8, 4) is 0 Å². The average molecular weight is 420 g/mol. The second-order valence-electron chi connectivity index (χ2n) is 8.43. The van der Waals surface area contributed by atoms with Gasteiger partial charge >= 0.3 is 5.97 Å². The first-order valence-corrected chi connectivity index (χ1v) is 10.6. The largest absolute Gasteiger partial charge is 0.469 e. The molecule has 4 saturated heterocycles. The second kappa shape index (κ2) is 8.18. The zero-order valence-corrected chi connectivity index (χ0v) is 17.0. The average Bonchev–Trinajstić information content (AvgIpc) is 3.29. The van der Waals surface area contributed by atoms with Gasteiger partial charge in [-0.05, 0) is 18.4 Å². The van der Waals surface area contributed by atoms with Crippen LogP contribution in [0.3, 0.4) is 0 Å². The molecule has 30 heavy (non-hydrogen) atoms. The molecule has 0 radical (unpaired) electrons. The minimum atomic E-state index is -1.14. The Balaban J connectivity index is 1.21. The van der Waals surface area contributed by atoms with Gasteiger partial charge in [-0.1, -0.05) is 30.3 Å². The fourth-order valence-corrected chi connectivity index (χ4v) is 5.04. The molecule has 4 heterocycles. The smallest absolute Gasteiger partial charge is 0.308 e. The van der Waals surface area contributed by atoms with Gasteiger partial charge in [0, 0.05) is 6.42 Å². The Kier molecular flexibility index (Phi) is 5.55. The number of carbonyl (C=O) groups is 1. The fourth-order valence-electron chi connectivity index (χ4n) is 5.04. The van der Waals surface area contributed by atoms with E-state index in [-0.39, 0.29) is 42.9 Å². The van der Waals surface area contributed by atoms with Gasteiger partial charge < -0.3 is 33.5 Å². The zero-order valence-electron chi connectivity index (χ0n) is 17.0. The van der Waals surface area contributed by atoms with E-state index in [9.17, 15) is 9.90 Å². The van der Waals surface area contributed by atoms with E-state index in [1.54, 1.807) is 0 Å². The molecular formula is C22H28O8. The Morgan fingerprint density at radius 1 is 1.10 bits per heavy atom. The standard InChI is InChI=1S/C22H28O8/c1-25-16(23)11-14-7-8-15-17(27-14)18-19-20(28-15)21(24)22(29-18,30-19)9-10-26-12-13-5-3-2-4-6-13/h2-6,14-15,17-21,24H,7-12H2,1H3/t14?,15-,17-,18-,19-,20+,21+,22-/m0/s1. The molecule has 8 atom stereocenters. The first-order valence-electron chi connectivity index (χ1n) is 10.6. The lowest BCUT2D eigenvalue weighted by Gasteiger charge is -2.49. The molecule has 1 aromatic carbocycles. The van der Waals surface area contributed by atoms with E-state index in [4.69, 9.17) is 28.4 Å². The van der Waals surface area contributed by atoms with Gasteiger partial charge in [0.05, 0.1) is 39.0 Å². The van der Waals surface area contributed by atoms with Crippen molar-refractivity contribution in [2.45, 2.75) is 80.8 Å². The van der Waals surface area contributed by atoms with Gasteiger partial charge in [0.2, 0.25) is 0 Å². The number of aliphatic hydroxyl groups is 1. The summed E-state index contributed by atoms with van der Waals surface area (Å²) in [6.45, 7) is 0.876. The van der Waals surface area contributed by atoms with Crippen LogP contribution in [0, 0.1) is 0 Å². The van der Waals surface area contributed by atoms with Crippen LogP contribution in [0.4, 0.5) is 0 Å². The van der Waals surface area contributed by atoms with Gasteiger partial charge in [-0.25, -0.2) is 0 Å². The lowest BCUT2D eigenvalue weighted by molar-refractivity contribution is -0.301. The molecule has 5 rings (SSSR count). The number of rotatable bonds is 7. The van der Waals surface area contributed by atoms with Crippen molar-refractivity contribution in [3.05, 3.63) is 35.9 Å². The molecule has 4 fully saturated rings. The van der Waals surface area contributed by atoms with E-state index in [2.05, 4.69) is 0 Å². The molecule has 4 aliphatic rings. The zero-order chi connectivity index (χ0) is 20.7. The van der Waals surface area contributed by atoms with Crippen molar-refractivity contribution < 1.29 is 38.3 Å². The predicted octanol–water partition coefficient (Wildman–Crippen LogP) is 1.33. The van der Waals surface area contributed by atoms with Crippen molar-refractivity contribution >= 4 is 5.97 Å². The summed E-state index contributed by atoms with van der Waals surface area (Å²) >= 11 is 0. The number of esters is 1. The third-order valence-corrected chi connectivity index (χ3v) is 6.55. The van der Waals surface area contributed by atoms with Crippen molar-refractivity contribution in [1.29, 1.82) is 0 Å². The molecule has 0 spiro atoms. The van der Waals surface area contributed by atoms with E-state index in [0.717, 1.165) is 12.0 Å². The molecule has 1 aromatic rings. The fraction of sp³-hybridized carbons (Fsp3) is 0.682. The van der Waals surface area contributed by atoms with Gasteiger partial charge in [-0.3, -0.25) is 4.79 Å². The Bertz CT molecular complexity index is 757. The number of hydrogen-bond donors (Lipinski definition) is 1. The molecule has 0 amide bonds. The Morgan fingerprint density at radius 2 is 1.87 bits per heavy atom. The number of ether oxygens (including phenoxy) is 6. The molecule has 0 saturated carbocycles. The van der Waals surface area contributed by atoms with Crippen LogP contribution in [0.2, 0.25) is 0 Å². The molecule has 2 bridgehead atoms. The number of carbonyl (C=O) groups excluding carboxylic acids is 1. The van der Waals surface area contributed by atoms with E-state index < -0.39 is 18.0 Å². The van der Waals surface area contributed by atoms with Crippen LogP contribution in [-0.2, 0) is 39.8 Å². The summed E-state index contributed by atoms with van der Waals surface area (Å²) in [5, 5.41) is 10.9. The number of fused-ring (bicyclic) bond motifs is 3. The number of hydrogen-bond acceptors (Lipinski definition) is 8. The highest BCUT2D eigenvalue weighted by molar-refractivity contribution is 5.69. The van der Waals surface area contributed by atoms with Crippen molar-refractivity contribution in [1.82, 2.24) is 0 Å². The monoisotopic (exact) mass is 420 g/mol. The quantitative estimate of drug-likeness (QED) is 0.522. The van der Waals surface area contributed by atoms with E-state index in [1.807, 2.05) is 30.3 Å². The highest BCUT2D eigenvalue weighted by atomic mass is 16.8. The van der Waals surface area contributed by atoms with Crippen LogP contribution >= 0.6 is 0 Å². The van der Waals surface area contributed by atoms with Gasteiger partial charge in [-0.15, -0.1) is 0 Å². The molecule has 8 nitrogen and oxygen atoms in total. The third-order valence-electron chi connectivity index (χ3n) is 6.55. The molecule has 8 heteroatoms. The molecule has 0 aliphatic carbocycles. The summed E-state index contributed by atoms with van der Waals surface area (Å²) in [7, 11) is 1.38. The Hall–Kier alpha value is -1.55. The van der Waals surface area contributed by atoms with Crippen molar-refractivity contribution in [2.24, 2.45) is 0 Å². The van der Waals surface area contributed by atoms with Crippen LogP contribution in [0.5, 0.6) is 0 Å². The molecule has 0 aromatic heterocycles. The minimum Gasteiger partial charge on any atom is -0.469 e. The number of methoxy groups -OCH3 is 1. The van der Waals surface area contributed by atoms with E-state index in [1.165, 1.54) is 7.11 Å². The van der Waals surface area contributed by atoms with Gasteiger partial charge in [0.25, 0.3) is 0 Å². The lowest BCUT2D eigenvalue weighted by atomic mass is 9.85. The molecule has 1 N–H and O–H groups in total. The van der Waals surface area contributed by atoms with Crippen LogP contribution in [-0.4, -0.2) is 73.3 Å². The summed E-state index contributed by atoms with van der Waals surface area (Å²) in [6.07, 6.45) is -0.670.